The first-order chi connectivity index (χ1) is 13.5. The molecule has 1 aliphatic rings. The molecule has 0 spiro atoms. The van der Waals surface area contributed by atoms with Crippen molar-refractivity contribution >= 4 is 27.5 Å². The second-order valence-corrected chi connectivity index (χ2v) is 8.08. The Bertz CT molecular complexity index is 1120. The number of nitrogens with zero attached hydrogens (tertiary/aromatic N) is 1. The molecule has 2 N–H and O–H groups in total. The number of carboxylic acids is 1. The van der Waals surface area contributed by atoms with Crippen LogP contribution in [0, 0.1) is 5.92 Å². The van der Waals surface area contributed by atoms with Gasteiger partial charge in [0.1, 0.15) is 10.7 Å². The van der Waals surface area contributed by atoms with Gasteiger partial charge in [-0.05, 0) is 48.9 Å². The van der Waals surface area contributed by atoms with Gasteiger partial charge in [0.2, 0.25) is 0 Å². The van der Waals surface area contributed by atoms with Crippen LogP contribution in [-0.4, -0.2) is 34.8 Å². The van der Waals surface area contributed by atoms with E-state index in [1.165, 1.54) is 12.0 Å². The highest BCUT2D eigenvalue weighted by Crippen LogP contribution is 2.37. The SMILES string of the molecule is COc1cc(-c2nc3sc4c(c3c(=O)[nH]2)CC[C@H](C)C4)ccc1OCC(=O)O. The molecule has 28 heavy (non-hydrogen) atoms. The minimum Gasteiger partial charge on any atom is -0.493 e. The summed E-state index contributed by atoms with van der Waals surface area (Å²) in [5, 5.41) is 9.49. The maximum Gasteiger partial charge on any atom is 0.341 e. The van der Waals surface area contributed by atoms with Crippen LogP contribution in [0.2, 0.25) is 0 Å². The largest absolute Gasteiger partial charge is 0.493 e. The summed E-state index contributed by atoms with van der Waals surface area (Å²) in [5.74, 6) is 0.700. The standard InChI is InChI=1S/C20H20N2O5S/c1-10-3-5-12-15(7-10)28-20-17(12)19(25)21-18(22-20)11-4-6-13(14(8-11)26-2)27-9-16(23)24/h4,6,8,10H,3,5,7,9H2,1-2H3,(H,23,24)(H,21,22,25)/t10-/m0/s1. The van der Waals surface area contributed by atoms with E-state index in [9.17, 15) is 9.59 Å². The van der Waals surface area contributed by atoms with E-state index in [1.807, 2.05) is 0 Å². The van der Waals surface area contributed by atoms with E-state index in [-0.39, 0.29) is 5.56 Å². The number of methoxy groups -OCH3 is 1. The lowest BCUT2D eigenvalue weighted by molar-refractivity contribution is -0.139. The van der Waals surface area contributed by atoms with Crippen LogP contribution in [0.4, 0.5) is 0 Å². The first-order valence-electron chi connectivity index (χ1n) is 9.04. The molecule has 2 aromatic heterocycles. The van der Waals surface area contributed by atoms with E-state index in [4.69, 9.17) is 14.6 Å². The maximum absolute atomic E-state index is 12.8. The van der Waals surface area contributed by atoms with Crippen LogP contribution in [0.15, 0.2) is 23.0 Å². The van der Waals surface area contributed by atoms with Gasteiger partial charge in [-0.25, -0.2) is 9.78 Å². The Labute approximate surface area is 165 Å². The average molecular weight is 400 g/mol. The van der Waals surface area contributed by atoms with Crippen molar-refractivity contribution in [2.45, 2.75) is 26.2 Å². The highest BCUT2D eigenvalue weighted by atomic mass is 32.1. The summed E-state index contributed by atoms with van der Waals surface area (Å²) in [4.78, 5) is 33.1. The lowest BCUT2D eigenvalue weighted by Crippen LogP contribution is -2.13. The molecule has 3 aromatic rings. The summed E-state index contributed by atoms with van der Waals surface area (Å²) < 4.78 is 10.5. The molecule has 0 radical (unpaired) electrons. The molecule has 0 saturated heterocycles. The fraction of sp³-hybridized carbons (Fsp3) is 0.350. The maximum atomic E-state index is 12.8. The zero-order valence-corrected chi connectivity index (χ0v) is 16.4. The van der Waals surface area contributed by atoms with Crippen molar-refractivity contribution in [3.63, 3.8) is 0 Å². The number of carboxylic acid groups (broad SMARTS) is 1. The Kier molecular flexibility index (Phi) is 4.80. The molecule has 0 unspecified atom stereocenters. The van der Waals surface area contributed by atoms with Crippen LogP contribution in [0.5, 0.6) is 11.5 Å². The number of aryl methyl sites for hydroxylation is 1. The number of aromatic amines is 1. The quantitative estimate of drug-likeness (QED) is 0.682. The molecule has 0 amide bonds. The molecular weight excluding hydrogens is 380 g/mol. The van der Waals surface area contributed by atoms with Gasteiger partial charge in [-0.2, -0.15) is 0 Å². The highest BCUT2D eigenvalue weighted by molar-refractivity contribution is 7.18. The zero-order valence-electron chi connectivity index (χ0n) is 15.6. The Morgan fingerprint density at radius 2 is 2.21 bits per heavy atom. The number of nitrogens with one attached hydrogen (secondary N) is 1. The number of rotatable bonds is 5. The number of ether oxygens (including phenoxy) is 2. The number of fused-ring (bicyclic) bond motifs is 3. The summed E-state index contributed by atoms with van der Waals surface area (Å²) in [7, 11) is 1.47. The van der Waals surface area contributed by atoms with Gasteiger partial charge >= 0.3 is 5.97 Å². The topological polar surface area (TPSA) is 102 Å². The molecule has 146 valence electrons. The summed E-state index contributed by atoms with van der Waals surface area (Å²) >= 11 is 1.60. The molecule has 0 fully saturated rings. The lowest BCUT2D eigenvalue weighted by Gasteiger charge is -2.17. The molecule has 7 nitrogen and oxygen atoms in total. The van der Waals surface area contributed by atoms with Gasteiger partial charge < -0.3 is 19.6 Å². The predicted molar refractivity (Wildman–Crippen MR) is 107 cm³/mol. The smallest absolute Gasteiger partial charge is 0.341 e. The third-order valence-corrected chi connectivity index (χ3v) is 6.10. The van der Waals surface area contributed by atoms with Crippen molar-refractivity contribution < 1.29 is 19.4 Å². The van der Waals surface area contributed by atoms with Crippen molar-refractivity contribution in [1.29, 1.82) is 0 Å². The van der Waals surface area contributed by atoms with Gasteiger partial charge in [0, 0.05) is 10.4 Å². The minimum atomic E-state index is -1.07. The van der Waals surface area contributed by atoms with Crippen LogP contribution in [0.25, 0.3) is 21.6 Å². The number of hydrogen-bond acceptors (Lipinski definition) is 6. The highest BCUT2D eigenvalue weighted by Gasteiger charge is 2.23. The molecule has 0 bridgehead atoms. The van der Waals surface area contributed by atoms with Crippen molar-refractivity contribution in [3.05, 3.63) is 39.0 Å². The van der Waals surface area contributed by atoms with E-state index in [0.29, 0.717) is 34.2 Å². The molecule has 0 aliphatic heterocycles. The Hall–Kier alpha value is -2.87. The van der Waals surface area contributed by atoms with E-state index in [1.54, 1.807) is 29.5 Å². The zero-order chi connectivity index (χ0) is 19.8. The van der Waals surface area contributed by atoms with E-state index < -0.39 is 12.6 Å². The summed E-state index contributed by atoms with van der Waals surface area (Å²) in [6.45, 7) is 1.77. The van der Waals surface area contributed by atoms with Crippen LogP contribution < -0.4 is 15.0 Å². The normalized spacial score (nSPS) is 16.0. The number of hydrogen-bond donors (Lipinski definition) is 2. The van der Waals surface area contributed by atoms with Crippen molar-refractivity contribution in [3.8, 4) is 22.9 Å². The van der Waals surface area contributed by atoms with Gasteiger partial charge in [-0.3, -0.25) is 4.79 Å². The third kappa shape index (κ3) is 3.35. The average Bonchev–Trinajstić information content (AvgIpc) is 3.03. The number of benzene rings is 1. The van der Waals surface area contributed by atoms with Crippen LogP contribution >= 0.6 is 11.3 Å². The molecular formula is C20H20N2O5S. The number of carbonyl (C=O) groups is 1. The van der Waals surface area contributed by atoms with Crippen molar-refractivity contribution in [1.82, 2.24) is 9.97 Å². The van der Waals surface area contributed by atoms with Crippen molar-refractivity contribution in [2.75, 3.05) is 13.7 Å². The van der Waals surface area contributed by atoms with E-state index in [2.05, 4.69) is 16.9 Å². The predicted octanol–water partition coefficient (Wildman–Crippen LogP) is 3.25. The van der Waals surface area contributed by atoms with Gasteiger partial charge in [0.25, 0.3) is 5.56 Å². The van der Waals surface area contributed by atoms with Gasteiger partial charge in [-0.1, -0.05) is 6.92 Å². The van der Waals surface area contributed by atoms with E-state index >= 15 is 0 Å². The molecule has 1 atom stereocenters. The molecule has 1 aliphatic carbocycles. The van der Waals surface area contributed by atoms with E-state index in [0.717, 1.165) is 29.7 Å². The molecule has 2 heterocycles. The van der Waals surface area contributed by atoms with Crippen LogP contribution in [0.1, 0.15) is 23.8 Å². The number of H-pyrrole nitrogens is 1. The number of aliphatic carboxylic acids is 1. The summed E-state index contributed by atoms with van der Waals surface area (Å²) in [6, 6.07) is 5.01. The second-order valence-electron chi connectivity index (χ2n) is 6.99. The monoisotopic (exact) mass is 400 g/mol. The second kappa shape index (κ2) is 7.27. The number of aromatic nitrogens is 2. The van der Waals surface area contributed by atoms with Gasteiger partial charge in [-0.15, -0.1) is 11.3 Å². The summed E-state index contributed by atoms with van der Waals surface area (Å²) in [6.07, 6.45) is 3.01. The molecule has 8 heteroatoms. The Morgan fingerprint density at radius 1 is 1.39 bits per heavy atom. The first-order valence-corrected chi connectivity index (χ1v) is 9.85. The molecule has 0 saturated carbocycles. The van der Waals surface area contributed by atoms with Crippen molar-refractivity contribution in [2.24, 2.45) is 5.92 Å². The van der Waals surface area contributed by atoms with Gasteiger partial charge in [0.05, 0.1) is 12.5 Å². The number of thiophene rings is 1. The Balaban J connectivity index is 1.75. The van der Waals surface area contributed by atoms with Gasteiger partial charge in [0.15, 0.2) is 18.1 Å². The van der Waals surface area contributed by atoms with Crippen LogP contribution in [-0.2, 0) is 17.6 Å². The molecule has 4 rings (SSSR count). The lowest BCUT2D eigenvalue weighted by atomic mass is 9.89. The summed E-state index contributed by atoms with van der Waals surface area (Å²) in [5.41, 5.74) is 1.68. The fourth-order valence-corrected chi connectivity index (χ4v) is 4.94. The first kappa shape index (κ1) is 18.5. The molecule has 1 aromatic carbocycles. The Morgan fingerprint density at radius 3 is 2.96 bits per heavy atom. The third-order valence-electron chi connectivity index (χ3n) is 4.95. The minimum absolute atomic E-state index is 0.128. The van der Waals surface area contributed by atoms with Crippen LogP contribution in [0.3, 0.4) is 0 Å². The fourth-order valence-electron chi connectivity index (χ4n) is 3.56.